The van der Waals surface area contributed by atoms with Gasteiger partial charge in [-0.25, -0.2) is 15.0 Å². The number of hydrogen-bond donors (Lipinski definition) is 0. The van der Waals surface area contributed by atoms with Crippen LogP contribution in [-0.4, -0.2) is 26.4 Å². The van der Waals surface area contributed by atoms with Crippen LogP contribution in [-0.2, 0) is 19.5 Å². The van der Waals surface area contributed by atoms with Gasteiger partial charge in [-0.15, -0.1) is 0 Å². The zero-order valence-corrected chi connectivity index (χ0v) is 14.0. The molecule has 0 aliphatic carbocycles. The van der Waals surface area contributed by atoms with Crippen LogP contribution in [0.4, 0.5) is 0 Å². The number of pyridine rings is 1. The van der Waals surface area contributed by atoms with Crippen molar-refractivity contribution < 1.29 is 4.42 Å². The van der Waals surface area contributed by atoms with Crippen LogP contribution in [0.3, 0.4) is 0 Å². The number of hydrogen-bond acceptors (Lipinski definition) is 5. The van der Waals surface area contributed by atoms with E-state index in [1.54, 1.807) is 6.26 Å². The molecule has 3 aromatic heterocycles. The molecular formula is C17H15BrN4O. The first-order valence-corrected chi connectivity index (χ1v) is 8.29. The molecule has 0 unspecified atom stereocenters. The third-order valence-corrected chi connectivity index (χ3v) is 4.42. The molecular weight excluding hydrogens is 356 g/mol. The van der Waals surface area contributed by atoms with E-state index in [0.29, 0.717) is 5.82 Å². The number of aromatic nitrogens is 3. The van der Waals surface area contributed by atoms with E-state index in [1.807, 2.05) is 30.6 Å². The molecule has 1 aliphatic rings. The Morgan fingerprint density at radius 3 is 2.91 bits per heavy atom. The lowest BCUT2D eigenvalue weighted by atomic mass is 10.1. The lowest BCUT2D eigenvalue weighted by Crippen LogP contribution is -2.31. The predicted octanol–water partition coefficient (Wildman–Crippen LogP) is 3.45. The quantitative estimate of drug-likeness (QED) is 0.660. The Balaban J connectivity index is 1.50. The fraction of sp³-hybridized carbons (Fsp3) is 0.235. The van der Waals surface area contributed by atoms with Gasteiger partial charge in [-0.3, -0.25) is 4.90 Å². The molecule has 0 saturated heterocycles. The molecule has 0 fully saturated rings. The fourth-order valence-corrected chi connectivity index (χ4v) is 3.03. The Hall–Kier alpha value is -2.05. The third-order valence-electron chi connectivity index (χ3n) is 3.95. The molecule has 0 radical (unpaired) electrons. The highest BCUT2D eigenvalue weighted by Gasteiger charge is 2.19. The summed E-state index contributed by atoms with van der Waals surface area (Å²) < 4.78 is 6.24. The zero-order chi connectivity index (χ0) is 15.6. The van der Waals surface area contributed by atoms with Gasteiger partial charge in [0, 0.05) is 44.0 Å². The normalized spacial score (nSPS) is 14.7. The van der Waals surface area contributed by atoms with Crippen molar-refractivity contribution in [2.24, 2.45) is 0 Å². The Labute approximate surface area is 142 Å². The Bertz CT molecular complexity index is 802. The number of fused-ring (bicyclic) bond motifs is 1. The molecule has 0 amide bonds. The van der Waals surface area contributed by atoms with Crippen molar-refractivity contribution in [3.8, 4) is 11.6 Å². The number of furan rings is 1. The summed E-state index contributed by atoms with van der Waals surface area (Å²) in [5, 5.41) is 0. The van der Waals surface area contributed by atoms with Gasteiger partial charge in [-0.1, -0.05) is 6.07 Å². The van der Waals surface area contributed by atoms with Crippen LogP contribution >= 0.6 is 15.9 Å². The largest absolute Gasteiger partial charge is 0.461 e. The summed E-state index contributed by atoms with van der Waals surface area (Å²) >= 11 is 3.37. The lowest BCUT2D eigenvalue weighted by molar-refractivity contribution is 0.242. The highest BCUT2D eigenvalue weighted by molar-refractivity contribution is 9.10. The SMILES string of the molecule is Brc1ccc(CN2CCc3nc(-c4ccco4)ncc3C2)cn1. The molecule has 6 heteroatoms. The number of rotatable bonds is 3. The standard InChI is InChI=1S/C17H15BrN4O/c18-16-4-3-12(8-19-16)10-22-6-5-14-13(11-22)9-20-17(21-14)15-2-1-7-23-15/h1-4,7-9H,5-6,10-11H2. The smallest absolute Gasteiger partial charge is 0.195 e. The first-order chi connectivity index (χ1) is 11.3. The van der Waals surface area contributed by atoms with E-state index in [0.717, 1.165) is 42.1 Å². The summed E-state index contributed by atoms with van der Waals surface area (Å²) in [7, 11) is 0. The minimum Gasteiger partial charge on any atom is -0.461 e. The van der Waals surface area contributed by atoms with Gasteiger partial charge in [0.2, 0.25) is 0 Å². The molecule has 116 valence electrons. The number of halogens is 1. The summed E-state index contributed by atoms with van der Waals surface area (Å²) in [6, 6.07) is 7.82. The Morgan fingerprint density at radius 1 is 1.17 bits per heavy atom. The highest BCUT2D eigenvalue weighted by atomic mass is 79.9. The van der Waals surface area contributed by atoms with Crippen LogP contribution in [0.25, 0.3) is 11.6 Å². The van der Waals surface area contributed by atoms with Crippen molar-refractivity contribution in [1.29, 1.82) is 0 Å². The van der Waals surface area contributed by atoms with Crippen molar-refractivity contribution in [2.45, 2.75) is 19.5 Å². The van der Waals surface area contributed by atoms with Gasteiger partial charge in [0.05, 0.1) is 12.0 Å². The van der Waals surface area contributed by atoms with Crippen LogP contribution < -0.4 is 0 Å². The zero-order valence-electron chi connectivity index (χ0n) is 12.4. The van der Waals surface area contributed by atoms with E-state index in [2.05, 4.69) is 41.8 Å². The van der Waals surface area contributed by atoms with E-state index in [-0.39, 0.29) is 0 Å². The van der Waals surface area contributed by atoms with E-state index >= 15 is 0 Å². The van der Waals surface area contributed by atoms with E-state index in [1.165, 1.54) is 11.1 Å². The summed E-state index contributed by atoms with van der Waals surface area (Å²) in [4.78, 5) is 15.8. The van der Waals surface area contributed by atoms with Crippen LogP contribution in [0.15, 0.2) is 51.9 Å². The van der Waals surface area contributed by atoms with Gasteiger partial charge in [-0.2, -0.15) is 0 Å². The molecule has 23 heavy (non-hydrogen) atoms. The first-order valence-electron chi connectivity index (χ1n) is 7.49. The fourth-order valence-electron chi connectivity index (χ4n) is 2.79. The van der Waals surface area contributed by atoms with Gasteiger partial charge in [0.1, 0.15) is 4.60 Å². The summed E-state index contributed by atoms with van der Waals surface area (Å²) in [5.74, 6) is 1.38. The molecule has 5 nitrogen and oxygen atoms in total. The molecule has 1 aliphatic heterocycles. The van der Waals surface area contributed by atoms with Crippen LogP contribution in [0.5, 0.6) is 0 Å². The van der Waals surface area contributed by atoms with Crippen LogP contribution in [0.1, 0.15) is 16.8 Å². The van der Waals surface area contributed by atoms with Gasteiger partial charge >= 0.3 is 0 Å². The lowest BCUT2D eigenvalue weighted by Gasteiger charge is -2.27. The second-order valence-corrected chi connectivity index (χ2v) is 6.41. The molecule has 0 aromatic carbocycles. The van der Waals surface area contributed by atoms with Gasteiger partial charge in [-0.05, 0) is 39.7 Å². The molecule has 0 spiro atoms. The van der Waals surface area contributed by atoms with E-state index < -0.39 is 0 Å². The van der Waals surface area contributed by atoms with Crippen LogP contribution in [0, 0.1) is 0 Å². The second kappa shape index (κ2) is 6.22. The average Bonchev–Trinajstić information content (AvgIpc) is 3.11. The van der Waals surface area contributed by atoms with Crippen molar-refractivity contribution in [3.05, 3.63) is 64.3 Å². The molecule has 0 atom stereocenters. The maximum atomic E-state index is 5.37. The highest BCUT2D eigenvalue weighted by Crippen LogP contribution is 2.22. The molecule has 0 N–H and O–H groups in total. The van der Waals surface area contributed by atoms with E-state index in [4.69, 9.17) is 4.42 Å². The second-order valence-electron chi connectivity index (χ2n) is 5.59. The Morgan fingerprint density at radius 2 is 2.13 bits per heavy atom. The maximum Gasteiger partial charge on any atom is 0.195 e. The van der Waals surface area contributed by atoms with Gasteiger partial charge in [0.15, 0.2) is 11.6 Å². The molecule has 3 aromatic rings. The molecule has 0 bridgehead atoms. The van der Waals surface area contributed by atoms with Crippen molar-refractivity contribution in [3.63, 3.8) is 0 Å². The topological polar surface area (TPSA) is 55.1 Å². The Kier molecular flexibility index (Phi) is 3.93. The van der Waals surface area contributed by atoms with Gasteiger partial charge in [0.25, 0.3) is 0 Å². The monoisotopic (exact) mass is 370 g/mol. The summed E-state index contributed by atoms with van der Waals surface area (Å²) in [6.45, 7) is 2.74. The predicted molar refractivity (Wildman–Crippen MR) is 89.5 cm³/mol. The molecule has 0 saturated carbocycles. The maximum absolute atomic E-state index is 5.37. The minimum atomic E-state index is 0.666. The first kappa shape index (κ1) is 14.5. The minimum absolute atomic E-state index is 0.666. The van der Waals surface area contributed by atoms with Crippen molar-refractivity contribution in [1.82, 2.24) is 19.9 Å². The third kappa shape index (κ3) is 3.18. The van der Waals surface area contributed by atoms with Crippen LogP contribution in [0.2, 0.25) is 0 Å². The van der Waals surface area contributed by atoms with Gasteiger partial charge < -0.3 is 4.42 Å². The number of nitrogens with zero attached hydrogens (tertiary/aromatic N) is 4. The van der Waals surface area contributed by atoms with Crippen molar-refractivity contribution >= 4 is 15.9 Å². The summed E-state index contributed by atoms with van der Waals surface area (Å²) in [6.07, 6.45) is 6.41. The van der Waals surface area contributed by atoms with E-state index in [9.17, 15) is 0 Å². The molecule has 4 heterocycles. The average molecular weight is 371 g/mol. The summed E-state index contributed by atoms with van der Waals surface area (Å²) in [5.41, 5.74) is 3.53. The molecule has 4 rings (SSSR count). The van der Waals surface area contributed by atoms with Crippen molar-refractivity contribution in [2.75, 3.05) is 6.54 Å².